The van der Waals surface area contributed by atoms with E-state index in [-0.39, 0.29) is 12.0 Å². The van der Waals surface area contributed by atoms with Gasteiger partial charge in [0.15, 0.2) is 0 Å². The average molecular weight is 538 g/mol. The summed E-state index contributed by atoms with van der Waals surface area (Å²) in [4.78, 5) is 27.3. The maximum absolute atomic E-state index is 10.6. The minimum absolute atomic E-state index is 0.0710. The number of hydrogen-bond acceptors (Lipinski definition) is 8. The van der Waals surface area contributed by atoms with Crippen molar-refractivity contribution in [2.45, 2.75) is 32.0 Å². The first-order chi connectivity index (χ1) is 18.6. The van der Waals surface area contributed by atoms with E-state index in [0.29, 0.717) is 17.8 Å². The highest BCUT2D eigenvalue weighted by Gasteiger charge is 2.38. The number of pyridine rings is 1. The second kappa shape index (κ2) is 11.2. The number of nitriles is 2. The van der Waals surface area contributed by atoms with Crippen LogP contribution in [0.5, 0.6) is 0 Å². The van der Waals surface area contributed by atoms with Crippen LogP contribution in [0.3, 0.4) is 0 Å². The standard InChI is InChI=1S/C23H21N9.C2HF3O2/c1-15-8-17(9-25)23(27-10-15)31-7-4-16(12-31)20(2-5-24)32-13-18(11-30-32)21-19-3-6-26-22(19)29-14-28-21;3-2(4,5)1(6)7/h3,6,8,10-11,13-14,16,20H,2,4,7,12H2,1H3,(H,26,28,29);(H,6,7)/t16-,20-;/m0./s1. The van der Waals surface area contributed by atoms with E-state index in [1.807, 2.05) is 36.1 Å². The van der Waals surface area contributed by atoms with Crippen LogP contribution in [0.4, 0.5) is 19.0 Å². The number of halogens is 3. The fourth-order valence-corrected chi connectivity index (χ4v) is 4.50. The van der Waals surface area contributed by atoms with E-state index in [1.54, 1.807) is 12.4 Å². The number of aliphatic carboxylic acids is 1. The fourth-order valence-electron chi connectivity index (χ4n) is 4.50. The largest absolute Gasteiger partial charge is 0.490 e. The van der Waals surface area contributed by atoms with E-state index in [2.05, 4.69) is 42.1 Å². The van der Waals surface area contributed by atoms with Crippen molar-refractivity contribution < 1.29 is 23.1 Å². The van der Waals surface area contributed by atoms with Crippen molar-refractivity contribution in [3.05, 3.63) is 54.4 Å². The molecule has 0 spiro atoms. The van der Waals surface area contributed by atoms with Crippen molar-refractivity contribution in [1.82, 2.24) is 29.7 Å². The Bertz CT molecular complexity index is 1570. The molecule has 0 aromatic carbocycles. The maximum Gasteiger partial charge on any atom is 0.490 e. The molecule has 2 atom stereocenters. The van der Waals surface area contributed by atoms with E-state index in [0.717, 1.165) is 47.4 Å². The Hall–Kier alpha value is -4.98. The van der Waals surface area contributed by atoms with Crippen molar-refractivity contribution >= 4 is 22.8 Å². The number of H-pyrrole nitrogens is 1. The van der Waals surface area contributed by atoms with Crippen LogP contribution in [0, 0.1) is 35.5 Å². The number of rotatable bonds is 5. The first-order valence-electron chi connectivity index (χ1n) is 11.7. The average Bonchev–Trinajstić information content (AvgIpc) is 3.68. The predicted molar refractivity (Wildman–Crippen MR) is 132 cm³/mol. The molecule has 2 N–H and O–H groups in total. The van der Waals surface area contributed by atoms with Crippen molar-refractivity contribution in [2.24, 2.45) is 5.92 Å². The molecule has 0 radical (unpaired) electrons. The number of alkyl halides is 3. The summed E-state index contributed by atoms with van der Waals surface area (Å²) in [7, 11) is 0. The number of carboxylic acid groups (broad SMARTS) is 1. The van der Waals surface area contributed by atoms with Gasteiger partial charge in [-0.2, -0.15) is 28.8 Å². The van der Waals surface area contributed by atoms with Gasteiger partial charge in [0, 0.05) is 48.5 Å². The van der Waals surface area contributed by atoms with E-state index in [4.69, 9.17) is 9.90 Å². The summed E-state index contributed by atoms with van der Waals surface area (Å²) < 4.78 is 33.6. The van der Waals surface area contributed by atoms with Crippen molar-refractivity contribution in [3.63, 3.8) is 0 Å². The number of aromatic amines is 1. The van der Waals surface area contributed by atoms with Crippen LogP contribution < -0.4 is 4.90 Å². The molecule has 1 saturated heterocycles. The lowest BCUT2D eigenvalue weighted by atomic mass is 9.96. The third kappa shape index (κ3) is 5.96. The number of nitrogens with one attached hydrogen (secondary N) is 1. The summed E-state index contributed by atoms with van der Waals surface area (Å²) in [5.41, 5.74) is 4.04. The molecule has 0 saturated carbocycles. The zero-order valence-corrected chi connectivity index (χ0v) is 20.6. The molecule has 0 aliphatic carbocycles. The van der Waals surface area contributed by atoms with Gasteiger partial charge in [-0.1, -0.05) is 0 Å². The summed E-state index contributed by atoms with van der Waals surface area (Å²) in [5, 5.41) is 31.7. The van der Waals surface area contributed by atoms with Gasteiger partial charge in [-0.25, -0.2) is 19.7 Å². The molecule has 0 unspecified atom stereocenters. The second-order valence-corrected chi connectivity index (χ2v) is 8.89. The number of carboxylic acids is 1. The smallest absolute Gasteiger partial charge is 0.475 e. The molecule has 0 amide bonds. The topological polar surface area (TPSA) is 160 Å². The van der Waals surface area contributed by atoms with Crippen LogP contribution in [-0.4, -0.2) is 60.1 Å². The number of carbonyl (C=O) groups is 1. The molecule has 1 aliphatic heterocycles. The minimum atomic E-state index is -5.08. The van der Waals surface area contributed by atoms with Gasteiger partial charge < -0.3 is 15.0 Å². The highest BCUT2D eigenvalue weighted by atomic mass is 19.4. The molecule has 5 rings (SSSR count). The van der Waals surface area contributed by atoms with Gasteiger partial charge >= 0.3 is 12.1 Å². The lowest BCUT2D eigenvalue weighted by molar-refractivity contribution is -0.192. The number of anilines is 1. The number of fused-ring (bicyclic) bond motifs is 1. The first-order valence-corrected chi connectivity index (χ1v) is 11.7. The Morgan fingerprint density at radius 1 is 1.28 bits per heavy atom. The second-order valence-electron chi connectivity index (χ2n) is 8.89. The molecule has 14 heteroatoms. The van der Waals surface area contributed by atoms with Gasteiger partial charge in [-0.3, -0.25) is 4.68 Å². The summed E-state index contributed by atoms with van der Waals surface area (Å²) in [5.74, 6) is -1.82. The van der Waals surface area contributed by atoms with Gasteiger partial charge in [0.05, 0.1) is 36.0 Å². The number of aromatic nitrogens is 6. The SMILES string of the molecule is Cc1cnc(N2CC[C@H]([C@H](CC#N)n3cc(-c4ncnc5[nH]ccc45)cn3)C2)c(C#N)c1.O=C(O)C(F)(F)F. The third-order valence-electron chi connectivity index (χ3n) is 6.30. The molecule has 4 aromatic heterocycles. The maximum atomic E-state index is 10.6. The molecule has 0 bridgehead atoms. The highest BCUT2D eigenvalue weighted by Crippen LogP contribution is 2.34. The van der Waals surface area contributed by atoms with E-state index in [1.165, 1.54) is 6.33 Å². The Morgan fingerprint density at radius 2 is 2.05 bits per heavy atom. The number of hydrogen-bond donors (Lipinski definition) is 2. The zero-order valence-electron chi connectivity index (χ0n) is 20.6. The lowest BCUT2D eigenvalue weighted by Gasteiger charge is -2.23. The summed E-state index contributed by atoms with van der Waals surface area (Å²) >= 11 is 0. The summed E-state index contributed by atoms with van der Waals surface area (Å²) in [6.07, 6.45) is 5.10. The molecule has 5 heterocycles. The quantitative estimate of drug-likeness (QED) is 0.383. The molecule has 4 aromatic rings. The van der Waals surface area contributed by atoms with Crippen LogP contribution in [0.15, 0.2) is 43.2 Å². The van der Waals surface area contributed by atoms with Gasteiger partial charge in [0.25, 0.3) is 0 Å². The lowest BCUT2D eigenvalue weighted by Crippen LogP contribution is -2.26. The Balaban J connectivity index is 0.000000448. The number of aryl methyl sites for hydroxylation is 1. The monoisotopic (exact) mass is 537 g/mol. The zero-order chi connectivity index (χ0) is 28.2. The summed E-state index contributed by atoms with van der Waals surface area (Å²) in [6, 6.07) is 8.33. The molecule has 200 valence electrons. The van der Waals surface area contributed by atoms with Gasteiger partial charge in [0.1, 0.15) is 23.9 Å². The van der Waals surface area contributed by atoms with Gasteiger partial charge in [0.2, 0.25) is 0 Å². The normalized spacial score (nSPS) is 15.7. The van der Waals surface area contributed by atoms with Crippen LogP contribution >= 0.6 is 0 Å². The minimum Gasteiger partial charge on any atom is -0.475 e. The van der Waals surface area contributed by atoms with Crippen LogP contribution in [0.2, 0.25) is 0 Å². The third-order valence-corrected chi connectivity index (χ3v) is 6.30. The number of nitrogens with zero attached hydrogens (tertiary/aromatic N) is 8. The molecular formula is C25H22F3N9O2. The molecule has 11 nitrogen and oxygen atoms in total. The van der Waals surface area contributed by atoms with Crippen molar-refractivity contribution in [2.75, 3.05) is 18.0 Å². The Morgan fingerprint density at radius 3 is 2.74 bits per heavy atom. The first kappa shape index (κ1) is 27.1. The van der Waals surface area contributed by atoms with E-state index < -0.39 is 12.1 Å². The van der Waals surface area contributed by atoms with Crippen LogP contribution in [0.25, 0.3) is 22.3 Å². The Kier molecular flexibility index (Phi) is 7.76. The highest BCUT2D eigenvalue weighted by molar-refractivity contribution is 5.90. The summed E-state index contributed by atoms with van der Waals surface area (Å²) in [6.45, 7) is 3.45. The molecule has 39 heavy (non-hydrogen) atoms. The Labute approximate surface area is 220 Å². The van der Waals surface area contributed by atoms with Crippen molar-refractivity contribution in [1.29, 1.82) is 10.5 Å². The van der Waals surface area contributed by atoms with Crippen LogP contribution in [-0.2, 0) is 4.79 Å². The van der Waals surface area contributed by atoms with E-state index in [9.17, 15) is 23.7 Å². The van der Waals surface area contributed by atoms with Crippen LogP contribution in [0.1, 0.15) is 30.0 Å². The molecule has 1 aliphatic rings. The predicted octanol–water partition coefficient (Wildman–Crippen LogP) is 4.01. The fraction of sp³-hybridized carbons (Fsp3) is 0.320. The van der Waals surface area contributed by atoms with E-state index >= 15 is 0 Å². The van der Waals surface area contributed by atoms with Gasteiger partial charge in [-0.15, -0.1) is 0 Å². The molecule has 1 fully saturated rings. The van der Waals surface area contributed by atoms with Gasteiger partial charge in [-0.05, 0) is 31.0 Å². The van der Waals surface area contributed by atoms with Crippen molar-refractivity contribution in [3.8, 4) is 23.4 Å². The molecular weight excluding hydrogens is 515 g/mol.